The zero-order valence-electron chi connectivity index (χ0n) is 9.91. The predicted octanol–water partition coefficient (Wildman–Crippen LogP) is 2.16. The molecule has 3 nitrogen and oxygen atoms in total. The highest BCUT2D eigenvalue weighted by molar-refractivity contribution is 5.56. The summed E-state index contributed by atoms with van der Waals surface area (Å²) >= 11 is 0. The molecule has 1 fully saturated rings. The molecule has 0 amide bonds. The Kier molecular flexibility index (Phi) is 3.19. The third kappa shape index (κ3) is 2.49. The number of morpholine rings is 1. The Morgan fingerprint density at radius 1 is 1.18 bits per heavy atom. The monoisotopic (exact) mass is 242 g/mol. The summed E-state index contributed by atoms with van der Waals surface area (Å²) in [6.07, 6.45) is -0.0924. The van der Waals surface area contributed by atoms with E-state index in [1.165, 1.54) is 0 Å². The van der Waals surface area contributed by atoms with Crippen molar-refractivity contribution in [1.29, 1.82) is 0 Å². The van der Waals surface area contributed by atoms with Gasteiger partial charge >= 0.3 is 0 Å². The molecule has 2 rings (SSSR count). The Balaban J connectivity index is 2.33. The largest absolute Gasteiger partial charge is 0.399 e. The van der Waals surface area contributed by atoms with Crippen LogP contribution >= 0.6 is 0 Å². The van der Waals surface area contributed by atoms with Crippen molar-refractivity contribution in [2.24, 2.45) is 0 Å². The van der Waals surface area contributed by atoms with Gasteiger partial charge < -0.3 is 15.4 Å². The minimum absolute atomic E-state index is 0.0128. The molecule has 1 saturated heterocycles. The quantitative estimate of drug-likeness (QED) is 0.767. The van der Waals surface area contributed by atoms with Gasteiger partial charge in [-0.3, -0.25) is 0 Å². The molecule has 2 N–H and O–H groups in total. The molecular formula is C12H16F2N2O. The van der Waals surface area contributed by atoms with Crippen LogP contribution in [0.3, 0.4) is 0 Å². The molecular weight excluding hydrogens is 226 g/mol. The van der Waals surface area contributed by atoms with E-state index in [1.807, 2.05) is 13.8 Å². The van der Waals surface area contributed by atoms with Crippen LogP contribution < -0.4 is 10.6 Å². The van der Waals surface area contributed by atoms with Crippen molar-refractivity contribution in [3.05, 3.63) is 23.8 Å². The van der Waals surface area contributed by atoms with Gasteiger partial charge in [0.1, 0.15) is 5.69 Å². The van der Waals surface area contributed by atoms with Gasteiger partial charge in [0.2, 0.25) is 0 Å². The number of anilines is 2. The molecule has 0 spiro atoms. The van der Waals surface area contributed by atoms with E-state index in [0.29, 0.717) is 13.1 Å². The third-order valence-corrected chi connectivity index (χ3v) is 2.78. The second-order valence-electron chi connectivity index (χ2n) is 4.50. The number of nitrogens with two attached hydrogens (primary N) is 1. The highest BCUT2D eigenvalue weighted by atomic mass is 19.1. The van der Waals surface area contributed by atoms with E-state index in [9.17, 15) is 8.78 Å². The molecule has 0 aliphatic carbocycles. The lowest BCUT2D eigenvalue weighted by Gasteiger charge is -2.37. The number of nitrogens with zero attached hydrogens (tertiary/aromatic N) is 1. The molecule has 17 heavy (non-hydrogen) atoms. The summed E-state index contributed by atoms with van der Waals surface area (Å²) in [5.41, 5.74) is 5.47. The summed E-state index contributed by atoms with van der Waals surface area (Å²) in [6, 6.07) is 2.28. The molecule has 0 saturated carbocycles. The van der Waals surface area contributed by atoms with Crippen molar-refractivity contribution in [3.63, 3.8) is 0 Å². The molecule has 5 heteroatoms. The second-order valence-corrected chi connectivity index (χ2v) is 4.50. The van der Waals surface area contributed by atoms with Crippen molar-refractivity contribution in [2.45, 2.75) is 26.1 Å². The molecule has 1 aromatic rings. The van der Waals surface area contributed by atoms with E-state index < -0.39 is 11.6 Å². The topological polar surface area (TPSA) is 38.5 Å². The maximum Gasteiger partial charge on any atom is 0.151 e. The molecule has 0 bridgehead atoms. The van der Waals surface area contributed by atoms with E-state index in [1.54, 1.807) is 4.90 Å². The van der Waals surface area contributed by atoms with Crippen LogP contribution in [-0.2, 0) is 4.74 Å². The molecule has 1 aliphatic heterocycles. The minimum atomic E-state index is -0.621. The van der Waals surface area contributed by atoms with Crippen LogP contribution in [0.15, 0.2) is 12.1 Å². The van der Waals surface area contributed by atoms with E-state index in [-0.39, 0.29) is 23.6 Å². The number of rotatable bonds is 1. The van der Waals surface area contributed by atoms with Gasteiger partial charge in [-0.1, -0.05) is 0 Å². The van der Waals surface area contributed by atoms with E-state index in [4.69, 9.17) is 10.5 Å². The molecule has 94 valence electrons. The number of hydrogen-bond acceptors (Lipinski definition) is 3. The van der Waals surface area contributed by atoms with Crippen molar-refractivity contribution < 1.29 is 13.5 Å². The van der Waals surface area contributed by atoms with E-state index in [0.717, 1.165) is 12.1 Å². The van der Waals surface area contributed by atoms with Crippen molar-refractivity contribution in [1.82, 2.24) is 0 Å². The van der Waals surface area contributed by atoms with Gasteiger partial charge in [0.05, 0.1) is 12.2 Å². The van der Waals surface area contributed by atoms with Gasteiger partial charge in [0, 0.05) is 18.8 Å². The van der Waals surface area contributed by atoms with Gasteiger partial charge in [-0.2, -0.15) is 0 Å². The lowest BCUT2D eigenvalue weighted by Crippen LogP contribution is -2.46. The Hall–Kier alpha value is -1.36. The first-order chi connectivity index (χ1) is 7.97. The van der Waals surface area contributed by atoms with E-state index in [2.05, 4.69) is 0 Å². The van der Waals surface area contributed by atoms with Crippen LogP contribution in [0.5, 0.6) is 0 Å². The maximum absolute atomic E-state index is 13.7. The van der Waals surface area contributed by atoms with Gasteiger partial charge in [-0.25, -0.2) is 8.78 Å². The zero-order chi connectivity index (χ0) is 12.6. The smallest absolute Gasteiger partial charge is 0.151 e. The average molecular weight is 242 g/mol. The Bertz CT molecular complexity index is 392. The first-order valence-electron chi connectivity index (χ1n) is 5.62. The zero-order valence-corrected chi connectivity index (χ0v) is 9.91. The number of hydrogen-bond donors (Lipinski definition) is 1. The van der Waals surface area contributed by atoms with Crippen LogP contribution in [0, 0.1) is 11.6 Å². The number of nitrogen functional groups attached to an aromatic ring is 1. The second kappa shape index (κ2) is 4.49. The Labute approximate surface area is 99.2 Å². The molecule has 1 aromatic carbocycles. The fourth-order valence-corrected chi connectivity index (χ4v) is 2.25. The highest BCUT2D eigenvalue weighted by Gasteiger charge is 2.26. The van der Waals surface area contributed by atoms with Crippen molar-refractivity contribution in [3.8, 4) is 0 Å². The third-order valence-electron chi connectivity index (χ3n) is 2.78. The minimum Gasteiger partial charge on any atom is -0.399 e. The fourth-order valence-electron chi connectivity index (χ4n) is 2.25. The molecule has 1 heterocycles. The summed E-state index contributed by atoms with van der Waals surface area (Å²) in [7, 11) is 0. The SMILES string of the molecule is CC1CN(c2c(F)cc(N)cc2F)CC(C)O1. The van der Waals surface area contributed by atoms with E-state index >= 15 is 0 Å². The van der Waals surface area contributed by atoms with Gasteiger partial charge in [-0.05, 0) is 26.0 Å². The number of halogens is 2. The number of ether oxygens (including phenoxy) is 1. The first-order valence-corrected chi connectivity index (χ1v) is 5.62. The van der Waals surface area contributed by atoms with Crippen molar-refractivity contribution >= 4 is 11.4 Å². The highest BCUT2D eigenvalue weighted by Crippen LogP contribution is 2.28. The summed E-state index contributed by atoms with van der Waals surface area (Å²) in [4.78, 5) is 1.67. The molecule has 1 aliphatic rings. The molecule has 0 aromatic heterocycles. The molecule has 0 radical (unpaired) electrons. The van der Waals surface area contributed by atoms with Gasteiger partial charge in [-0.15, -0.1) is 0 Å². The van der Waals surface area contributed by atoms with Crippen LogP contribution in [-0.4, -0.2) is 25.3 Å². The summed E-state index contributed by atoms with van der Waals surface area (Å²) in [6.45, 7) is 4.72. The Morgan fingerprint density at radius 3 is 2.12 bits per heavy atom. The van der Waals surface area contributed by atoms with Gasteiger partial charge in [0.15, 0.2) is 11.6 Å². The maximum atomic E-state index is 13.7. The standard InChI is InChI=1S/C12H16F2N2O/c1-7-5-16(6-8(2)17-7)12-10(13)3-9(15)4-11(12)14/h3-4,7-8H,5-6,15H2,1-2H3. The number of benzene rings is 1. The first kappa shape index (κ1) is 12.1. The average Bonchev–Trinajstić information content (AvgIpc) is 2.13. The molecule has 2 unspecified atom stereocenters. The lowest BCUT2D eigenvalue weighted by atomic mass is 10.1. The lowest BCUT2D eigenvalue weighted by molar-refractivity contribution is -0.00557. The van der Waals surface area contributed by atoms with Gasteiger partial charge in [0.25, 0.3) is 0 Å². The summed E-state index contributed by atoms with van der Waals surface area (Å²) in [5, 5.41) is 0. The van der Waals surface area contributed by atoms with Crippen molar-refractivity contribution in [2.75, 3.05) is 23.7 Å². The molecule has 2 atom stereocenters. The summed E-state index contributed by atoms with van der Waals surface area (Å²) in [5.74, 6) is -1.24. The fraction of sp³-hybridized carbons (Fsp3) is 0.500. The van der Waals surface area contributed by atoms with Crippen LogP contribution in [0.4, 0.5) is 20.2 Å². The normalized spacial score (nSPS) is 25.1. The Morgan fingerprint density at radius 2 is 1.65 bits per heavy atom. The predicted molar refractivity (Wildman–Crippen MR) is 63.0 cm³/mol. The summed E-state index contributed by atoms with van der Waals surface area (Å²) < 4.78 is 33.0. The van der Waals surface area contributed by atoms with Crippen LogP contribution in [0.1, 0.15) is 13.8 Å². The van der Waals surface area contributed by atoms with Crippen LogP contribution in [0.2, 0.25) is 0 Å². The van der Waals surface area contributed by atoms with Crippen LogP contribution in [0.25, 0.3) is 0 Å².